The molecular weight excluding hydrogens is 300 g/mol. The SMILES string of the molecule is CS(=O)(=O)c1cccc2c(Nc3ccc(O)cc3)ccnc12. The third kappa shape index (κ3) is 2.73. The van der Waals surface area contributed by atoms with Gasteiger partial charge in [0.2, 0.25) is 0 Å². The van der Waals surface area contributed by atoms with Crippen molar-refractivity contribution in [3.8, 4) is 5.75 Å². The summed E-state index contributed by atoms with van der Waals surface area (Å²) < 4.78 is 23.7. The van der Waals surface area contributed by atoms with Crippen LogP contribution in [0.5, 0.6) is 5.75 Å². The number of phenols is 1. The zero-order valence-corrected chi connectivity index (χ0v) is 12.6. The fourth-order valence-corrected chi connectivity index (χ4v) is 3.10. The van der Waals surface area contributed by atoms with Crippen LogP contribution in [0.2, 0.25) is 0 Å². The summed E-state index contributed by atoms with van der Waals surface area (Å²) in [6.07, 6.45) is 2.74. The van der Waals surface area contributed by atoms with Crippen molar-refractivity contribution in [2.24, 2.45) is 0 Å². The topological polar surface area (TPSA) is 79.3 Å². The van der Waals surface area contributed by atoms with Crippen molar-refractivity contribution in [3.63, 3.8) is 0 Å². The minimum atomic E-state index is -3.35. The van der Waals surface area contributed by atoms with Crippen LogP contribution < -0.4 is 5.32 Å². The highest BCUT2D eigenvalue weighted by Crippen LogP contribution is 2.29. The average Bonchev–Trinajstić information content (AvgIpc) is 2.48. The van der Waals surface area contributed by atoms with Gasteiger partial charge in [0, 0.05) is 29.2 Å². The van der Waals surface area contributed by atoms with Gasteiger partial charge in [-0.05, 0) is 36.4 Å². The van der Waals surface area contributed by atoms with Gasteiger partial charge in [-0.15, -0.1) is 0 Å². The maximum absolute atomic E-state index is 11.9. The second-order valence-electron chi connectivity index (χ2n) is 4.95. The zero-order chi connectivity index (χ0) is 15.7. The van der Waals surface area contributed by atoms with E-state index in [0.717, 1.165) is 16.8 Å². The number of fused-ring (bicyclic) bond motifs is 1. The number of para-hydroxylation sites is 1. The fraction of sp³-hybridized carbons (Fsp3) is 0.0625. The second-order valence-corrected chi connectivity index (χ2v) is 6.94. The van der Waals surface area contributed by atoms with Crippen LogP contribution in [0.25, 0.3) is 10.9 Å². The van der Waals surface area contributed by atoms with Gasteiger partial charge in [-0.2, -0.15) is 0 Å². The first-order valence-corrected chi connectivity index (χ1v) is 8.48. The van der Waals surface area contributed by atoms with Gasteiger partial charge in [-0.25, -0.2) is 8.42 Å². The smallest absolute Gasteiger partial charge is 0.177 e. The first kappa shape index (κ1) is 14.3. The molecule has 112 valence electrons. The molecule has 3 rings (SSSR count). The summed E-state index contributed by atoms with van der Waals surface area (Å²) >= 11 is 0. The van der Waals surface area contributed by atoms with Crippen molar-refractivity contribution >= 4 is 32.1 Å². The molecule has 2 aromatic carbocycles. The molecule has 0 saturated heterocycles. The lowest BCUT2D eigenvalue weighted by Crippen LogP contribution is -2.00. The number of sulfone groups is 1. The first-order valence-electron chi connectivity index (χ1n) is 6.59. The summed E-state index contributed by atoms with van der Waals surface area (Å²) in [7, 11) is -3.35. The van der Waals surface area contributed by atoms with Gasteiger partial charge in [0.05, 0.1) is 10.4 Å². The van der Waals surface area contributed by atoms with Crippen LogP contribution in [0.4, 0.5) is 11.4 Å². The number of anilines is 2. The average molecular weight is 314 g/mol. The Hall–Kier alpha value is -2.60. The molecule has 0 aliphatic carbocycles. The number of pyridine rings is 1. The number of rotatable bonds is 3. The number of hydrogen-bond acceptors (Lipinski definition) is 5. The molecule has 0 amide bonds. The summed E-state index contributed by atoms with van der Waals surface area (Å²) in [6.45, 7) is 0. The Morgan fingerprint density at radius 2 is 1.77 bits per heavy atom. The van der Waals surface area contributed by atoms with Gasteiger partial charge in [0.25, 0.3) is 0 Å². The van der Waals surface area contributed by atoms with Crippen LogP contribution in [0.1, 0.15) is 0 Å². The molecule has 0 atom stereocenters. The van der Waals surface area contributed by atoms with E-state index >= 15 is 0 Å². The van der Waals surface area contributed by atoms with Crippen molar-refractivity contribution in [2.45, 2.75) is 4.90 Å². The molecule has 2 N–H and O–H groups in total. The van der Waals surface area contributed by atoms with E-state index in [4.69, 9.17) is 0 Å². The molecular formula is C16H14N2O3S. The summed E-state index contributed by atoms with van der Waals surface area (Å²) in [6, 6.07) is 13.5. The maximum Gasteiger partial charge on any atom is 0.177 e. The number of benzene rings is 2. The highest BCUT2D eigenvalue weighted by molar-refractivity contribution is 7.91. The molecule has 1 heterocycles. The minimum Gasteiger partial charge on any atom is -0.508 e. The van der Waals surface area contributed by atoms with E-state index in [0.29, 0.717) is 5.52 Å². The standard InChI is InChI=1S/C16H14N2O3S/c1-22(20,21)15-4-2-3-13-14(9-10-17-16(13)15)18-11-5-7-12(19)8-6-11/h2-10,19H,1H3,(H,17,18). The molecule has 6 heteroatoms. The molecule has 0 spiro atoms. The number of aromatic nitrogens is 1. The van der Waals surface area contributed by atoms with Crippen molar-refractivity contribution in [1.82, 2.24) is 4.98 Å². The summed E-state index contributed by atoms with van der Waals surface area (Å²) in [4.78, 5) is 4.41. The Bertz CT molecular complexity index is 935. The first-order chi connectivity index (χ1) is 10.4. The van der Waals surface area contributed by atoms with Crippen molar-refractivity contribution in [1.29, 1.82) is 0 Å². The Morgan fingerprint density at radius 1 is 1.05 bits per heavy atom. The summed E-state index contributed by atoms with van der Waals surface area (Å²) in [5.74, 6) is 0.185. The molecule has 0 bridgehead atoms. The Morgan fingerprint density at radius 3 is 2.45 bits per heavy atom. The van der Waals surface area contributed by atoms with E-state index < -0.39 is 9.84 Å². The van der Waals surface area contributed by atoms with Crippen LogP contribution in [0, 0.1) is 0 Å². The van der Waals surface area contributed by atoms with Crippen LogP contribution in [-0.2, 0) is 9.84 Å². The van der Waals surface area contributed by atoms with E-state index in [2.05, 4.69) is 10.3 Å². The normalized spacial score (nSPS) is 11.5. The number of hydrogen-bond donors (Lipinski definition) is 2. The number of nitrogens with one attached hydrogen (secondary N) is 1. The summed E-state index contributed by atoms with van der Waals surface area (Å²) in [5, 5.41) is 13.2. The Balaban J connectivity index is 2.13. The number of nitrogens with zero attached hydrogens (tertiary/aromatic N) is 1. The quantitative estimate of drug-likeness (QED) is 0.726. The zero-order valence-electron chi connectivity index (χ0n) is 11.8. The highest BCUT2D eigenvalue weighted by atomic mass is 32.2. The molecule has 1 aromatic heterocycles. The van der Waals surface area contributed by atoms with E-state index in [9.17, 15) is 13.5 Å². The van der Waals surface area contributed by atoms with Crippen molar-refractivity contribution in [2.75, 3.05) is 11.6 Å². The molecule has 0 aliphatic heterocycles. The van der Waals surface area contributed by atoms with Crippen LogP contribution >= 0.6 is 0 Å². The van der Waals surface area contributed by atoms with Gasteiger partial charge in [-0.1, -0.05) is 12.1 Å². The van der Waals surface area contributed by atoms with Crippen LogP contribution in [-0.4, -0.2) is 24.8 Å². The predicted molar refractivity (Wildman–Crippen MR) is 86.2 cm³/mol. The van der Waals surface area contributed by atoms with Gasteiger partial charge >= 0.3 is 0 Å². The lowest BCUT2D eigenvalue weighted by molar-refractivity contribution is 0.475. The third-order valence-corrected chi connectivity index (χ3v) is 4.41. The molecule has 5 nitrogen and oxygen atoms in total. The molecule has 0 unspecified atom stereocenters. The summed E-state index contributed by atoms with van der Waals surface area (Å²) in [5.41, 5.74) is 1.98. The molecule has 0 aliphatic rings. The molecule has 22 heavy (non-hydrogen) atoms. The van der Waals surface area contributed by atoms with Crippen molar-refractivity contribution in [3.05, 3.63) is 54.7 Å². The second kappa shape index (κ2) is 5.31. The fourth-order valence-electron chi connectivity index (χ4n) is 2.26. The predicted octanol–water partition coefficient (Wildman–Crippen LogP) is 3.09. The minimum absolute atomic E-state index is 0.185. The van der Waals surface area contributed by atoms with Crippen molar-refractivity contribution < 1.29 is 13.5 Å². The molecule has 0 saturated carbocycles. The maximum atomic E-state index is 11.9. The number of aromatic hydroxyl groups is 1. The largest absolute Gasteiger partial charge is 0.508 e. The van der Waals surface area contributed by atoms with E-state index in [1.165, 1.54) is 6.26 Å². The van der Waals surface area contributed by atoms with Crippen LogP contribution in [0.3, 0.4) is 0 Å². The van der Waals surface area contributed by atoms with Crippen LogP contribution in [0.15, 0.2) is 59.6 Å². The van der Waals surface area contributed by atoms with E-state index in [1.54, 1.807) is 48.7 Å². The highest BCUT2D eigenvalue weighted by Gasteiger charge is 2.14. The molecule has 0 radical (unpaired) electrons. The lowest BCUT2D eigenvalue weighted by atomic mass is 10.2. The third-order valence-electron chi connectivity index (χ3n) is 3.28. The van der Waals surface area contributed by atoms with Gasteiger partial charge < -0.3 is 10.4 Å². The van der Waals surface area contributed by atoms with E-state index in [-0.39, 0.29) is 10.6 Å². The number of phenolic OH excluding ortho intramolecular Hbond substituents is 1. The Labute approximate surface area is 128 Å². The Kier molecular flexibility index (Phi) is 3.46. The van der Waals surface area contributed by atoms with E-state index in [1.807, 2.05) is 6.07 Å². The van der Waals surface area contributed by atoms with Gasteiger partial charge in [-0.3, -0.25) is 4.98 Å². The molecule has 0 fully saturated rings. The van der Waals surface area contributed by atoms with Gasteiger partial charge in [0.15, 0.2) is 9.84 Å². The lowest BCUT2D eigenvalue weighted by Gasteiger charge is -2.11. The van der Waals surface area contributed by atoms with Gasteiger partial charge in [0.1, 0.15) is 5.75 Å². The molecule has 3 aromatic rings. The monoisotopic (exact) mass is 314 g/mol.